The van der Waals surface area contributed by atoms with Crippen LogP contribution in [0.4, 0.5) is 0 Å². The van der Waals surface area contributed by atoms with Gasteiger partial charge in [0.1, 0.15) is 54.1 Å². The summed E-state index contributed by atoms with van der Waals surface area (Å²) < 4.78 is 0. The molecule has 0 aromatic heterocycles. The number of guanidine groups is 1. The maximum atomic E-state index is 14.4. The van der Waals surface area contributed by atoms with Gasteiger partial charge in [0.15, 0.2) is 5.96 Å². The summed E-state index contributed by atoms with van der Waals surface area (Å²) in [4.78, 5) is 135. The van der Waals surface area contributed by atoms with Crippen LogP contribution in [-0.4, -0.2) is 158 Å². The highest BCUT2D eigenvalue weighted by Crippen LogP contribution is 2.14. The monoisotopic (exact) mass is 1040 g/mol. The summed E-state index contributed by atoms with van der Waals surface area (Å²) in [6, 6.07) is 1.19. The minimum atomic E-state index is -1.66. The Hall–Kier alpha value is -7.52. The molecule has 10 atom stereocenters. The molecule has 0 aliphatic heterocycles. The zero-order chi connectivity index (χ0) is 55.1. The molecular weight excluding hydrogens is 977 g/mol. The number of amides is 8. The van der Waals surface area contributed by atoms with E-state index in [-0.39, 0.29) is 49.7 Å². The highest BCUT2D eigenvalue weighted by Gasteiger charge is 2.35. The molecule has 0 bridgehead atoms. The number of thiol groups is 1. The Bertz CT molecular complexity index is 2270. The molecule has 27 heteroatoms. The van der Waals surface area contributed by atoms with Crippen molar-refractivity contribution < 1.29 is 68.4 Å². The molecule has 402 valence electrons. The fourth-order valence-electron chi connectivity index (χ4n) is 6.70. The van der Waals surface area contributed by atoms with Gasteiger partial charge in [-0.05, 0) is 62.8 Å². The molecule has 0 heterocycles. The SMILES string of the molecule is CC(C)[C@H](NC(=O)[C@H](C)NC(=O)[C@@H](NC(=O)[C@@H](N)CC(=O)O)[C@@H](C)O)C(=O)N[C@@H](Cc1ccc(O)cc1)C(=O)N[C@@H](Cc1ccccc1)C(=O)N[C@@H](CS)C(=O)N[C@@H](C)C(=O)N[C@@H](CCCN=C(N)N)C(=O)O. The fraction of sp³-hybridized carbons (Fsp3) is 0.500. The Labute approximate surface area is 426 Å². The summed E-state index contributed by atoms with van der Waals surface area (Å²) in [6.45, 7) is 6.97. The zero-order valence-electron chi connectivity index (χ0n) is 41.0. The van der Waals surface area contributed by atoms with Crippen LogP contribution in [-0.2, 0) is 60.8 Å². The number of aliphatic hydroxyl groups excluding tert-OH is 1. The number of benzene rings is 2. The molecular formula is C46H68N12O14S. The number of aliphatic hydroxyl groups is 1. The van der Waals surface area contributed by atoms with Gasteiger partial charge < -0.3 is 80.2 Å². The van der Waals surface area contributed by atoms with E-state index in [4.69, 9.17) is 22.3 Å². The number of rotatable bonds is 30. The average molecular weight is 1050 g/mol. The van der Waals surface area contributed by atoms with Crippen LogP contribution < -0.4 is 59.7 Å². The third-order valence-corrected chi connectivity index (χ3v) is 11.2. The quantitative estimate of drug-likeness (QED) is 0.0153. The molecule has 0 saturated carbocycles. The number of aliphatic imine (C=N–C) groups is 1. The van der Waals surface area contributed by atoms with Crippen molar-refractivity contribution in [3.63, 3.8) is 0 Å². The molecule has 2 aromatic carbocycles. The molecule has 0 aliphatic rings. The highest BCUT2D eigenvalue weighted by molar-refractivity contribution is 7.80. The van der Waals surface area contributed by atoms with E-state index in [0.29, 0.717) is 11.1 Å². The van der Waals surface area contributed by atoms with Crippen molar-refractivity contribution in [2.75, 3.05) is 12.3 Å². The predicted octanol–water partition coefficient (Wildman–Crippen LogP) is -4.00. The number of phenols is 1. The van der Waals surface area contributed by atoms with E-state index in [1.165, 1.54) is 38.1 Å². The van der Waals surface area contributed by atoms with Crippen LogP contribution in [0.2, 0.25) is 0 Å². The first-order valence-corrected chi connectivity index (χ1v) is 23.7. The number of carboxylic acids is 2. The van der Waals surface area contributed by atoms with E-state index >= 15 is 0 Å². The number of hydrogen-bond acceptors (Lipinski definition) is 15. The first-order chi connectivity index (χ1) is 34.2. The zero-order valence-corrected chi connectivity index (χ0v) is 41.9. The fourth-order valence-corrected chi connectivity index (χ4v) is 6.96. The first kappa shape index (κ1) is 61.6. The van der Waals surface area contributed by atoms with E-state index in [9.17, 15) is 63.3 Å². The second-order valence-corrected chi connectivity index (χ2v) is 17.8. The summed E-state index contributed by atoms with van der Waals surface area (Å²) >= 11 is 4.22. The number of nitrogens with zero attached hydrogens (tertiary/aromatic N) is 1. The van der Waals surface area contributed by atoms with E-state index in [1.807, 2.05) is 0 Å². The molecule has 0 saturated heterocycles. The van der Waals surface area contributed by atoms with Crippen molar-refractivity contribution >= 4 is 77.8 Å². The van der Waals surface area contributed by atoms with Crippen molar-refractivity contribution in [2.24, 2.45) is 28.1 Å². The lowest BCUT2D eigenvalue weighted by Gasteiger charge is -2.28. The molecule has 2 rings (SSSR count). The maximum absolute atomic E-state index is 14.4. The molecule has 8 amide bonds. The number of carbonyl (C=O) groups excluding carboxylic acids is 8. The normalized spacial score (nSPS) is 15.1. The topological polar surface area (TPSA) is 438 Å². The number of nitrogens with two attached hydrogens (primary N) is 3. The molecule has 2 aromatic rings. The van der Waals surface area contributed by atoms with Gasteiger partial charge in [-0.25, -0.2) is 4.79 Å². The van der Waals surface area contributed by atoms with E-state index in [0.717, 1.165) is 6.92 Å². The Kier molecular flexibility index (Phi) is 25.6. The summed E-state index contributed by atoms with van der Waals surface area (Å²) in [7, 11) is 0. The molecule has 0 spiro atoms. The Balaban J connectivity index is 2.35. The smallest absolute Gasteiger partial charge is 0.326 e. The van der Waals surface area contributed by atoms with Crippen molar-refractivity contribution in [1.82, 2.24) is 42.5 Å². The molecule has 0 unspecified atom stereocenters. The van der Waals surface area contributed by atoms with Crippen molar-refractivity contribution in [2.45, 2.75) is 127 Å². The van der Waals surface area contributed by atoms with Crippen molar-refractivity contribution in [1.29, 1.82) is 0 Å². The summed E-state index contributed by atoms with van der Waals surface area (Å²) in [5.41, 5.74) is 17.2. The van der Waals surface area contributed by atoms with Crippen LogP contribution in [0.5, 0.6) is 5.75 Å². The van der Waals surface area contributed by atoms with Gasteiger partial charge in [-0.3, -0.25) is 48.1 Å². The summed E-state index contributed by atoms with van der Waals surface area (Å²) in [5, 5.41) is 58.3. The van der Waals surface area contributed by atoms with Gasteiger partial charge in [-0.15, -0.1) is 0 Å². The van der Waals surface area contributed by atoms with E-state index in [2.05, 4.69) is 60.2 Å². The van der Waals surface area contributed by atoms with E-state index in [1.54, 1.807) is 44.2 Å². The third-order valence-electron chi connectivity index (χ3n) is 10.8. The molecule has 0 fully saturated rings. The molecule has 26 nitrogen and oxygen atoms in total. The number of hydrogen-bond donors (Lipinski definition) is 16. The van der Waals surface area contributed by atoms with Gasteiger partial charge in [0, 0.05) is 25.1 Å². The maximum Gasteiger partial charge on any atom is 0.326 e. The lowest BCUT2D eigenvalue weighted by atomic mass is 9.99. The van der Waals surface area contributed by atoms with Crippen LogP contribution in [0.3, 0.4) is 0 Å². The number of carboxylic acid groups (broad SMARTS) is 2. The van der Waals surface area contributed by atoms with Gasteiger partial charge >= 0.3 is 11.9 Å². The number of nitrogens with one attached hydrogen (secondary N) is 8. The number of phenolic OH excluding ortho intramolecular Hbond substituents is 1. The minimum Gasteiger partial charge on any atom is -0.508 e. The Morgan fingerprint density at radius 1 is 0.575 bits per heavy atom. The van der Waals surface area contributed by atoms with Gasteiger partial charge in [0.2, 0.25) is 47.3 Å². The minimum absolute atomic E-state index is 0.0359. The van der Waals surface area contributed by atoms with Crippen molar-refractivity contribution in [3.05, 3.63) is 65.7 Å². The van der Waals surface area contributed by atoms with E-state index < -0.39 is 132 Å². The van der Waals surface area contributed by atoms with Crippen LogP contribution >= 0.6 is 12.6 Å². The molecule has 18 N–H and O–H groups in total. The van der Waals surface area contributed by atoms with Crippen LogP contribution in [0.15, 0.2) is 59.6 Å². The summed E-state index contributed by atoms with van der Waals surface area (Å²) in [5.74, 6) is -11.4. The molecule has 0 radical (unpaired) electrons. The number of aliphatic carboxylic acids is 2. The predicted molar refractivity (Wildman–Crippen MR) is 267 cm³/mol. The molecule has 73 heavy (non-hydrogen) atoms. The first-order valence-electron chi connectivity index (χ1n) is 23.0. The van der Waals surface area contributed by atoms with Crippen molar-refractivity contribution in [3.8, 4) is 5.75 Å². The summed E-state index contributed by atoms with van der Waals surface area (Å²) in [6.07, 6.45) is -2.48. The number of aromatic hydroxyl groups is 1. The average Bonchev–Trinajstić information content (AvgIpc) is 3.31. The van der Waals surface area contributed by atoms with Crippen LogP contribution in [0, 0.1) is 5.92 Å². The largest absolute Gasteiger partial charge is 0.508 e. The highest BCUT2D eigenvalue weighted by atomic mass is 32.1. The van der Waals surface area contributed by atoms with Gasteiger partial charge in [-0.1, -0.05) is 56.3 Å². The Morgan fingerprint density at radius 3 is 1.52 bits per heavy atom. The third kappa shape index (κ3) is 21.8. The molecule has 0 aliphatic carbocycles. The van der Waals surface area contributed by atoms with Gasteiger partial charge in [-0.2, -0.15) is 12.6 Å². The lowest BCUT2D eigenvalue weighted by molar-refractivity contribution is -0.142. The number of carbonyl (C=O) groups is 10. The van der Waals surface area contributed by atoms with Gasteiger partial charge in [0.25, 0.3) is 0 Å². The second-order valence-electron chi connectivity index (χ2n) is 17.4. The van der Waals surface area contributed by atoms with Crippen LogP contribution in [0.25, 0.3) is 0 Å². The standard InChI is InChI=1S/C46H68N12O14S/c1-22(2)35(57-38(64)24(4)52-44(70)36(25(5)59)58-39(65)29(47)20-34(61)62)43(69)55-32(19-27-13-15-28(60)16-14-27)40(66)54-31(18-26-10-7-6-8-11-26)41(67)56-33(21-73)42(68)51-23(3)37(63)53-30(45(71)72)12-9-17-50-46(48)49/h6-8,10-11,13-16,22-25,29-33,35-36,59-60,73H,9,12,17-21,47H2,1-5H3,(H,51,68)(H,52,70)(H,53,63)(H,54,66)(H,55,69)(H,56,67)(H,57,64)(H,58,65)(H,61,62)(H,71,72)(H4,48,49,50)/t23-,24-,25+,29-,30-,31-,32-,33-,35-,36-/m0/s1. The Morgan fingerprint density at radius 2 is 1.03 bits per heavy atom. The second kappa shape index (κ2) is 30.4. The van der Waals surface area contributed by atoms with Gasteiger partial charge in [0.05, 0.1) is 18.6 Å². The van der Waals surface area contributed by atoms with Crippen LogP contribution in [0.1, 0.15) is 65.0 Å². The lowest BCUT2D eigenvalue weighted by Crippen LogP contribution is -2.62.